The van der Waals surface area contributed by atoms with Crippen LogP contribution in [0.2, 0.25) is 0 Å². The van der Waals surface area contributed by atoms with E-state index < -0.39 is 5.97 Å². The Morgan fingerprint density at radius 3 is 2.76 bits per heavy atom. The molecule has 0 radical (unpaired) electrons. The molecule has 0 N–H and O–H groups in total. The van der Waals surface area contributed by atoms with Crippen molar-refractivity contribution < 1.29 is 23.2 Å². The molecule has 0 saturated carbocycles. The average Bonchev–Trinajstić information content (AvgIpc) is 3.32. The van der Waals surface area contributed by atoms with E-state index in [0.29, 0.717) is 41.2 Å². The van der Waals surface area contributed by atoms with Gasteiger partial charge in [0.05, 0.1) is 5.56 Å². The number of amides is 1. The topological polar surface area (TPSA) is 72.6 Å². The summed E-state index contributed by atoms with van der Waals surface area (Å²) in [6.45, 7) is 2.40. The van der Waals surface area contributed by atoms with Crippen molar-refractivity contribution in [1.29, 1.82) is 0 Å². The number of carbonyl (C=O) groups excluding carboxylic acids is 2. The predicted octanol–water partition coefficient (Wildman–Crippen LogP) is 4.27. The lowest BCUT2D eigenvalue weighted by Crippen LogP contribution is -2.23. The lowest BCUT2D eigenvalue weighted by molar-refractivity contribution is -0.117. The zero-order valence-corrected chi connectivity index (χ0v) is 15.9. The summed E-state index contributed by atoms with van der Waals surface area (Å²) in [5, 5.41) is 3.97. The third-order valence-electron chi connectivity index (χ3n) is 4.93. The van der Waals surface area contributed by atoms with Gasteiger partial charge in [0, 0.05) is 29.8 Å². The van der Waals surface area contributed by atoms with Crippen molar-refractivity contribution >= 4 is 17.6 Å². The number of esters is 1. The second-order valence-corrected chi connectivity index (χ2v) is 6.87. The molecule has 7 heteroatoms. The molecule has 0 bridgehead atoms. The van der Waals surface area contributed by atoms with Gasteiger partial charge in [0.2, 0.25) is 5.91 Å². The van der Waals surface area contributed by atoms with Crippen molar-refractivity contribution in [2.75, 3.05) is 11.4 Å². The first kappa shape index (κ1) is 18.9. The van der Waals surface area contributed by atoms with Crippen LogP contribution in [-0.4, -0.2) is 23.6 Å². The smallest absolute Gasteiger partial charge is 0.338 e. The van der Waals surface area contributed by atoms with Crippen LogP contribution in [0.25, 0.3) is 11.3 Å². The van der Waals surface area contributed by atoms with Crippen LogP contribution in [-0.2, 0) is 16.1 Å². The number of rotatable bonds is 5. The number of ether oxygens (including phenoxy) is 1. The highest BCUT2D eigenvalue weighted by atomic mass is 19.1. The fourth-order valence-corrected chi connectivity index (χ4v) is 3.31. The van der Waals surface area contributed by atoms with Gasteiger partial charge in [-0.2, -0.15) is 0 Å². The van der Waals surface area contributed by atoms with E-state index >= 15 is 0 Å². The normalized spacial score (nSPS) is 13.7. The van der Waals surface area contributed by atoms with Gasteiger partial charge in [-0.15, -0.1) is 0 Å². The Kier molecular flexibility index (Phi) is 5.12. The maximum atomic E-state index is 13.1. The number of nitrogens with zero attached hydrogens (tertiary/aromatic N) is 2. The SMILES string of the molecule is Cc1c(COC(=O)c2cccc(N3CCCC3=O)c2)noc1-c1ccc(F)cc1. The molecule has 1 aromatic heterocycles. The number of hydrogen-bond donors (Lipinski definition) is 0. The zero-order valence-electron chi connectivity index (χ0n) is 15.9. The molecule has 1 aliphatic heterocycles. The summed E-state index contributed by atoms with van der Waals surface area (Å²) in [5.74, 6) is -0.283. The summed E-state index contributed by atoms with van der Waals surface area (Å²) < 4.78 is 23.8. The Morgan fingerprint density at radius 2 is 2.03 bits per heavy atom. The van der Waals surface area contributed by atoms with E-state index in [0.717, 1.165) is 12.0 Å². The molecular weight excluding hydrogens is 375 g/mol. The van der Waals surface area contributed by atoms with Gasteiger partial charge in [-0.25, -0.2) is 9.18 Å². The fraction of sp³-hybridized carbons (Fsp3) is 0.227. The lowest BCUT2D eigenvalue weighted by Gasteiger charge is -2.16. The highest BCUT2D eigenvalue weighted by Crippen LogP contribution is 2.27. The van der Waals surface area contributed by atoms with Crippen molar-refractivity contribution in [2.24, 2.45) is 0 Å². The van der Waals surface area contributed by atoms with Gasteiger partial charge in [0.25, 0.3) is 0 Å². The second-order valence-electron chi connectivity index (χ2n) is 6.87. The Bertz CT molecular complexity index is 1060. The third-order valence-corrected chi connectivity index (χ3v) is 4.93. The summed E-state index contributed by atoms with van der Waals surface area (Å²) in [4.78, 5) is 26.1. The highest BCUT2D eigenvalue weighted by molar-refractivity contribution is 5.97. The molecule has 0 spiro atoms. The molecule has 0 aliphatic carbocycles. The summed E-state index contributed by atoms with van der Waals surface area (Å²) in [6, 6.07) is 12.7. The van der Waals surface area contributed by atoms with Gasteiger partial charge in [-0.05, 0) is 55.8 Å². The molecule has 1 fully saturated rings. The van der Waals surface area contributed by atoms with E-state index in [1.165, 1.54) is 12.1 Å². The maximum Gasteiger partial charge on any atom is 0.338 e. The summed E-state index contributed by atoms with van der Waals surface area (Å²) >= 11 is 0. The van der Waals surface area contributed by atoms with E-state index in [1.54, 1.807) is 48.2 Å². The van der Waals surface area contributed by atoms with Crippen molar-refractivity contribution in [3.05, 3.63) is 71.2 Å². The van der Waals surface area contributed by atoms with Gasteiger partial charge in [0.1, 0.15) is 18.1 Å². The van der Waals surface area contributed by atoms with Crippen molar-refractivity contribution in [3.8, 4) is 11.3 Å². The van der Waals surface area contributed by atoms with Crippen LogP contribution < -0.4 is 4.90 Å². The van der Waals surface area contributed by atoms with Crippen LogP contribution in [0.4, 0.5) is 10.1 Å². The van der Waals surface area contributed by atoms with Crippen molar-refractivity contribution in [1.82, 2.24) is 5.16 Å². The molecule has 1 aliphatic rings. The van der Waals surface area contributed by atoms with Crippen LogP contribution in [0.3, 0.4) is 0 Å². The molecular formula is C22H19FN2O4. The first-order valence-electron chi connectivity index (χ1n) is 9.31. The van der Waals surface area contributed by atoms with Gasteiger partial charge in [-0.3, -0.25) is 4.79 Å². The minimum absolute atomic E-state index is 0.0533. The zero-order chi connectivity index (χ0) is 20.4. The van der Waals surface area contributed by atoms with Crippen LogP contribution >= 0.6 is 0 Å². The number of aromatic nitrogens is 1. The monoisotopic (exact) mass is 394 g/mol. The number of halogens is 1. The molecule has 6 nitrogen and oxygen atoms in total. The Hall–Kier alpha value is -3.48. The van der Waals surface area contributed by atoms with E-state index in [9.17, 15) is 14.0 Å². The lowest BCUT2D eigenvalue weighted by atomic mass is 10.1. The minimum atomic E-state index is -0.510. The molecule has 1 saturated heterocycles. The van der Waals surface area contributed by atoms with E-state index in [1.807, 2.05) is 0 Å². The quantitative estimate of drug-likeness (QED) is 0.604. The number of carbonyl (C=O) groups is 2. The number of hydrogen-bond acceptors (Lipinski definition) is 5. The molecule has 0 unspecified atom stereocenters. The summed E-state index contributed by atoms with van der Waals surface area (Å²) in [7, 11) is 0. The fourth-order valence-electron chi connectivity index (χ4n) is 3.31. The standard InChI is InChI=1S/C22H19FN2O4/c1-14-19(24-29-21(14)15-7-9-17(23)10-8-15)13-28-22(27)16-4-2-5-18(12-16)25-11-3-6-20(25)26/h2,4-5,7-10,12H,3,6,11,13H2,1H3. The molecule has 1 amide bonds. The summed E-state index contributed by atoms with van der Waals surface area (Å²) in [5.41, 5.74) is 2.96. The van der Waals surface area contributed by atoms with Crippen LogP contribution in [0.5, 0.6) is 0 Å². The number of anilines is 1. The van der Waals surface area contributed by atoms with Gasteiger partial charge < -0.3 is 14.2 Å². The first-order valence-corrected chi connectivity index (χ1v) is 9.31. The maximum absolute atomic E-state index is 13.1. The van der Waals surface area contributed by atoms with E-state index in [2.05, 4.69) is 5.16 Å². The van der Waals surface area contributed by atoms with Crippen molar-refractivity contribution in [2.45, 2.75) is 26.4 Å². The predicted molar refractivity (Wildman–Crippen MR) is 104 cm³/mol. The van der Waals surface area contributed by atoms with Gasteiger partial charge >= 0.3 is 5.97 Å². The largest absolute Gasteiger partial charge is 0.455 e. The Balaban J connectivity index is 1.45. The van der Waals surface area contributed by atoms with Crippen LogP contribution in [0.1, 0.15) is 34.5 Å². The first-order chi connectivity index (χ1) is 14.0. The molecule has 4 rings (SSSR count). The van der Waals surface area contributed by atoms with E-state index in [4.69, 9.17) is 9.26 Å². The minimum Gasteiger partial charge on any atom is -0.455 e. The summed E-state index contributed by atoms with van der Waals surface area (Å²) in [6.07, 6.45) is 1.34. The average molecular weight is 394 g/mol. The second kappa shape index (κ2) is 7.87. The van der Waals surface area contributed by atoms with Gasteiger partial charge in [0.15, 0.2) is 5.76 Å². The number of benzene rings is 2. The third kappa shape index (κ3) is 3.89. The van der Waals surface area contributed by atoms with Gasteiger partial charge in [-0.1, -0.05) is 11.2 Å². The Morgan fingerprint density at radius 1 is 1.24 bits per heavy atom. The Labute approximate surface area is 166 Å². The molecule has 2 heterocycles. The highest BCUT2D eigenvalue weighted by Gasteiger charge is 2.23. The van der Waals surface area contributed by atoms with Crippen LogP contribution in [0, 0.1) is 12.7 Å². The molecule has 148 valence electrons. The molecule has 3 aromatic rings. The van der Waals surface area contributed by atoms with Crippen LogP contribution in [0.15, 0.2) is 53.1 Å². The van der Waals surface area contributed by atoms with E-state index in [-0.39, 0.29) is 18.3 Å². The molecule has 29 heavy (non-hydrogen) atoms. The molecule has 2 aromatic carbocycles. The molecule has 0 atom stereocenters. The van der Waals surface area contributed by atoms with Crippen molar-refractivity contribution in [3.63, 3.8) is 0 Å².